The number of urea groups is 1. The first-order valence-corrected chi connectivity index (χ1v) is 12.4. The Hall–Kier alpha value is -4.79. The largest absolute Gasteiger partial charge is 0.486 e. The number of fused-ring (bicyclic) bond motifs is 5. The predicted octanol–water partition coefficient (Wildman–Crippen LogP) is 4.21. The van der Waals surface area contributed by atoms with Crippen molar-refractivity contribution in [3.63, 3.8) is 0 Å². The summed E-state index contributed by atoms with van der Waals surface area (Å²) in [7, 11) is 1.33. The average molecular weight is 510 g/mol. The van der Waals surface area contributed by atoms with E-state index in [4.69, 9.17) is 14.2 Å². The van der Waals surface area contributed by atoms with Crippen LogP contribution in [0.3, 0.4) is 0 Å². The molecule has 0 spiro atoms. The number of aromatic amines is 1. The van der Waals surface area contributed by atoms with Crippen LogP contribution in [-0.4, -0.2) is 54.2 Å². The molecule has 3 aliphatic rings. The molecule has 0 saturated carbocycles. The standard InChI is InChI=1S/C29H23N3O6/c1-36-28(34)17-8-6-16(7-9-17)26-25-20(19-4-2-3-5-21(19)30-25)15-22-27(33)31(29(35)32(22)26)18-10-11-23-24(14-18)38-13-12-37-23/h2-11,14,22,26,30H,12-13,15H2,1H3/t22-,26-/m0/s1. The minimum atomic E-state index is -0.687. The number of nitrogens with zero attached hydrogens (tertiary/aromatic N) is 2. The van der Waals surface area contributed by atoms with Crippen LogP contribution in [0.2, 0.25) is 0 Å². The Morgan fingerprint density at radius 1 is 0.974 bits per heavy atom. The molecule has 9 nitrogen and oxygen atoms in total. The van der Waals surface area contributed by atoms with E-state index in [1.54, 1.807) is 47.4 Å². The van der Waals surface area contributed by atoms with Gasteiger partial charge in [0.15, 0.2) is 11.5 Å². The molecular formula is C29H23N3O6. The van der Waals surface area contributed by atoms with Gasteiger partial charge in [-0.05, 0) is 41.5 Å². The number of H-pyrrole nitrogens is 1. The highest BCUT2D eigenvalue weighted by molar-refractivity contribution is 6.22. The fourth-order valence-electron chi connectivity index (χ4n) is 5.75. The number of nitrogens with one attached hydrogen (secondary N) is 1. The molecule has 1 saturated heterocycles. The highest BCUT2D eigenvalue weighted by Gasteiger charge is 2.53. The lowest BCUT2D eigenvalue weighted by Gasteiger charge is -2.36. The van der Waals surface area contributed by atoms with Gasteiger partial charge >= 0.3 is 12.0 Å². The van der Waals surface area contributed by atoms with Crippen molar-refractivity contribution in [3.8, 4) is 11.5 Å². The number of hydrogen-bond donors (Lipinski definition) is 1. The predicted molar refractivity (Wildman–Crippen MR) is 138 cm³/mol. The molecule has 3 aliphatic heterocycles. The van der Waals surface area contributed by atoms with Gasteiger partial charge in [-0.15, -0.1) is 0 Å². The van der Waals surface area contributed by atoms with Crippen molar-refractivity contribution in [1.29, 1.82) is 0 Å². The summed E-state index contributed by atoms with van der Waals surface area (Å²) in [4.78, 5) is 46.3. The second kappa shape index (κ2) is 8.37. The first-order chi connectivity index (χ1) is 18.5. The fourth-order valence-corrected chi connectivity index (χ4v) is 5.75. The summed E-state index contributed by atoms with van der Waals surface area (Å²) in [5.41, 5.74) is 4.43. The highest BCUT2D eigenvalue weighted by atomic mass is 16.6. The Kier molecular flexibility index (Phi) is 4.94. The lowest BCUT2D eigenvalue weighted by Crippen LogP contribution is -2.44. The van der Waals surface area contributed by atoms with Gasteiger partial charge in [0.1, 0.15) is 25.3 Å². The van der Waals surface area contributed by atoms with E-state index in [0.29, 0.717) is 42.4 Å². The smallest absolute Gasteiger partial charge is 0.337 e. The van der Waals surface area contributed by atoms with Gasteiger partial charge in [-0.2, -0.15) is 0 Å². The SMILES string of the molecule is COC(=O)c1ccc([C@H]2c3[nH]c4ccccc4c3C[C@H]3C(=O)N(c4ccc5c(c4)OCCO5)C(=O)N23)cc1. The van der Waals surface area contributed by atoms with Gasteiger partial charge in [0.2, 0.25) is 0 Å². The molecule has 0 unspecified atom stereocenters. The monoisotopic (exact) mass is 509 g/mol. The van der Waals surface area contributed by atoms with Gasteiger partial charge < -0.3 is 19.2 Å². The summed E-state index contributed by atoms with van der Waals surface area (Å²) in [6.45, 7) is 0.852. The molecule has 0 bridgehead atoms. The van der Waals surface area contributed by atoms with Crippen LogP contribution in [0, 0.1) is 0 Å². The molecular weight excluding hydrogens is 486 g/mol. The van der Waals surface area contributed by atoms with Gasteiger partial charge in [0.25, 0.3) is 5.91 Å². The fraction of sp³-hybridized carbons (Fsp3) is 0.207. The van der Waals surface area contributed by atoms with Crippen molar-refractivity contribution in [2.45, 2.75) is 18.5 Å². The van der Waals surface area contributed by atoms with E-state index < -0.39 is 24.1 Å². The van der Waals surface area contributed by atoms with Crippen LogP contribution < -0.4 is 14.4 Å². The summed E-state index contributed by atoms with van der Waals surface area (Å²) in [5.74, 6) is 0.354. The van der Waals surface area contributed by atoms with E-state index in [1.165, 1.54) is 12.0 Å². The number of carbonyl (C=O) groups excluding carboxylic acids is 3. The number of methoxy groups -OCH3 is 1. The van der Waals surface area contributed by atoms with Crippen LogP contribution in [0.25, 0.3) is 10.9 Å². The van der Waals surface area contributed by atoms with Crippen molar-refractivity contribution >= 4 is 34.5 Å². The maximum atomic E-state index is 14.0. The van der Waals surface area contributed by atoms with Gasteiger partial charge in [0.05, 0.1) is 18.4 Å². The maximum Gasteiger partial charge on any atom is 0.337 e. The van der Waals surface area contributed by atoms with E-state index in [9.17, 15) is 14.4 Å². The molecule has 1 N–H and O–H groups in total. The number of para-hydroxylation sites is 1. The number of amides is 3. The van der Waals surface area contributed by atoms with E-state index in [0.717, 1.165) is 27.7 Å². The molecule has 0 radical (unpaired) electrons. The van der Waals surface area contributed by atoms with Crippen molar-refractivity contribution in [3.05, 3.63) is 89.1 Å². The molecule has 2 atom stereocenters. The first kappa shape index (κ1) is 22.4. The third-order valence-corrected chi connectivity index (χ3v) is 7.48. The molecule has 9 heteroatoms. The van der Waals surface area contributed by atoms with Crippen molar-refractivity contribution in [2.24, 2.45) is 0 Å². The van der Waals surface area contributed by atoms with E-state index in [-0.39, 0.29) is 5.91 Å². The lowest BCUT2D eigenvalue weighted by atomic mass is 9.88. The van der Waals surface area contributed by atoms with Gasteiger partial charge in [-0.1, -0.05) is 30.3 Å². The molecule has 3 amide bonds. The van der Waals surface area contributed by atoms with Crippen molar-refractivity contribution in [1.82, 2.24) is 9.88 Å². The van der Waals surface area contributed by atoms with E-state index in [2.05, 4.69) is 4.98 Å². The minimum Gasteiger partial charge on any atom is -0.486 e. The summed E-state index contributed by atoms with van der Waals surface area (Å²) >= 11 is 0. The summed E-state index contributed by atoms with van der Waals surface area (Å²) in [6.07, 6.45) is 0.391. The number of rotatable bonds is 3. The zero-order valence-corrected chi connectivity index (χ0v) is 20.5. The van der Waals surface area contributed by atoms with Crippen LogP contribution in [0.4, 0.5) is 10.5 Å². The van der Waals surface area contributed by atoms with E-state index >= 15 is 0 Å². The van der Waals surface area contributed by atoms with Crippen LogP contribution in [-0.2, 0) is 16.0 Å². The Balaban J connectivity index is 1.35. The number of imide groups is 1. The van der Waals surface area contributed by atoms with Crippen molar-refractivity contribution < 1.29 is 28.6 Å². The second-order valence-electron chi connectivity index (χ2n) is 9.49. The third-order valence-electron chi connectivity index (χ3n) is 7.48. The van der Waals surface area contributed by atoms with Crippen LogP contribution in [0.1, 0.15) is 33.2 Å². The molecule has 4 aromatic rings. The molecule has 4 heterocycles. The average Bonchev–Trinajstić information content (AvgIpc) is 3.45. The summed E-state index contributed by atoms with van der Waals surface area (Å²) < 4.78 is 16.2. The molecule has 1 aromatic heterocycles. The van der Waals surface area contributed by atoms with Crippen LogP contribution in [0.15, 0.2) is 66.7 Å². The Bertz CT molecular complexity index is 1630. The van der Waals surface area contributed by atoms with Crippen molar-refractivity contribution in [2.75, 3.05) is 25.2 Å². The topological polar surface area (TPSA) is 101 Å². The number of anilines is 1. The van der Waals surface area contributed by atoms with Crippen LogP contribution >= 0.6 is 0 Å². The molecule has 38 heavy (non-hydrogen) atoms. The molecule has 0 aliphatic carbocycles. The number of ether oxygens (including phenoxy) is 3. The van der Waals surface area contributed by atoms with Crippen LogP contribution in [0.5, 0.6) is 11.5 Å². The number of hydrogen-bond acceptors (Lipinski definition) is 6. The van der Waals surface area contributed by atoms with Gasteiger partial charge in [0, 0.05) is 29.1 Å². The number of esters is 1. The summed E-state index contributed by atoms with van der Waals surface area (Å²) in [5, 5.41) is 1.02. The minimum absolute atomic E-state index is 0.293. The zero-order valence-electron chi connectivity index (χ0n) is 20.5. The number of carbonyl (C=O) groups is 3. The maximum absolute atomic E-state index is 14.0. The third kappa shape index (κ3) is 3.21. The lowest BCUT2D eigenvalue weighted by molar-refractivity contribution is -0.120. The zero-order chi connectivity index (χ0) is 26.0. The normalized spacial score (nSPS) is 19.9. The second-order valence-corrected chi connectivity index (χ2v) is 9.49. The Labute approximate surface area is 217 Å². The first-order valence-electron chi connectivity index (χ1n) is 12.4. The summed E-state index contributed by atoms with van der Waals surface area (Å²) in [6, 6.07) is 18.3. The van der Waals surface area contributed by atoms with E-state index in [1.807, 2.05) is 24.3 Å². The molecule has 3 aromatic carbocycles. The van der Waals surface area contributed by atoms with Gasteiger partial charge in [-0.25, -0.2) is 14.5 Å². The molecule has 7 rings (SSSR count). The van der Waals surface area contributed by atoms with Gasteiger partial charge in [-0.3, -0.25) is 9.69 Å². The molecule has 190 valence electrons. The Morgan fingerprint density at radius 3 is 2.53 bits per heavy atom. The molecule has 1 fully saturated rings. The number of aromatic nitrogens is 1. The quantitative estimate of drug-likeness (QED) is 0.328. The number of benzene rings is 3. The Morgan fingerprint density at radius 2 is 1.74 bits per heavy atom. The highest BCUT2D eigenvalue weighted by Crippen LogP contribution is 2.45.